The summed E-state index contributed by atoms with van der Waals surface area (Å²) >= 11 is 0. The number of aromatic nitrogens is 2. The Morgan fingerprint density at radius 1 is 1.23 bits per heavy atom. The Balaban J connectivity index is 1.74. The van der Waals surface area contributed by atoms with Crippen molar-refractivity contribution >= 4 is 18.0 Å². The Morgan fingerprint density at radius 3 is 2.61 bits per heavy atom. The van der Waals surface area contributed by atoms with Crippen LogP contribution in [0, 0.1) is 0 Å². The summed E-state index contributed by atoms with van der Waals surface area (Å²) in [5, 5.41) is 12.6. The van der Waals surface area contributed by atoms with E-state index in [2.05, 4.69) is 15.1 Å². The summed E-state index contributed by atoms with van der Waals surface area (Å²) < 4.78 is 11.4. The zero-order chi connectivity index (χ0) is 22.4. The molecule has 1 aromatic heterocycles. The van der Waals surface area contributed by atoms with Crippen LogP contribution in [0.25, 0.3) is 0 Å². The molecule has 2 unspecified atom stereocenters. The summed E-state index contributed by atoms with van der Waals surface area (Å²) in [5.41, 5.74) is 9.82. The Bertz CT molecular complexity index is 966. The fourth-order valence-corrected chi connectivity index (χ4v) is 3.18. The maximum absolute atomic E-state index is 13.2. The van der Waals surface area contributed by atoms with Gasteiger partial charge < -0.3 is 31.9 Å². The fraction of sp³-hybridized carbons (Fsp3) is 0.350. The standard InChI is InChI=1S/C20H24N6O5/c21-20(22,19(28)29)11-12-5-6-14-15(10-12)31-18(30-14)16(27)13(4-1-2-9-26-23)17-24-7-3-8-25-17/h3,5-10,13,18H,1-2,4,11,21-23H2,(H,28,29). The highest BCUT2D eigenvalue weighted by Gasteiger charge is 2.38. The molecule has 0 saturated heterocycles. The largest absolute Gasteiger partial charge is 0.479 e. The van der Waals surface area contributed by atoms with Crippen LogP contribution in [0.4, 0.5) is 0 Å². The highest BCUT2D eigenvalue weighted by molar-refractivity contribution is 5.89. The Kier molecular flexibility index (Phi) is 6.78. The molecule has 1 aromatic carbocycles. The van der Waals surface area contributed by atoms with Gasteiger partial charge in [0, 0.05) is 25.0 Å². The number of ether oxygens (including phenoxy) is 2. The minimum Gasteiger partial charge on any atom is -0.479 e. The van der Waals surface area contributed by atoms with E-state index in [1.165, 1.54) is 0 Å². The first kappa shape index (κ1) is 22.1. The lowest BCUT2D eigenvalue weighted by Crippen LogP contribution is -2.58. The quantitative estimate of drug-likeness (QED) is 0.134. The molecule has 3 rings (SSSR count). The maximum atomic E-state index is 13.2. The molecular weight excluding hydrogens is 404 g/mol. The minimum atomic E-state index is -1.93. The monoisotopic (exact) mass is 428 g/mol. The molecule has 0 saturated carbocycles. The second-order valence-electron chi connectivity index (χ2n) is 7.20. The van der Waals surface area contributed by atoms with E-state index in [1.54, 1.807) is 42.9 Å². The maximum Gasteiger partial charge on any atom is 0.338 e. The number of nitrogens with zero attached hydrogens (tertiary/aromatic N) is 3. The number of carboxylic acids is 1. The van der Waals surface area contributed by atoms with Crippen molar-refractivity contribution in [3.05, 3.63) is 48.0 Å². The summed E-state index contributed by atoms with van der Waals surface area (Å²) in [6.07, 6.45) is 5.10. The number of hydrazone groups is 1. The topological polar surface area (TPSA) is 189 Å². The lowest BCUT2D eigenvalue weighted by atomic mass is 9.95. The third-order valence-corrected chi connectivity index (χ3v) is 4.78. The first-order valence-electron chi connectivity index (χ1n) is 9.61. The smallest absolute Gasteiger partial charge is 0.338 e. The van der Waals surface area contributed by atoms with Crippen LogP contribution in [-0.2, 0) is 16.0 Å². The minimum absolute atomic E-state index is 0.124. The predicted molar refractivity (Wildman–Crippen MR) is 110 cm³/mol. The lowest BCUT2D eigenvalue weighted by molar-refractivity contribution is -0.143. The van der Waals surface area contributed by atoms with Gasteiger partial charge in [-0.15, -0.1) is 0 Å². The van der Waals surface area contributed by atoms with Crippen LogP contribution in [0.3, 0.4) is 0 Å². The zero-order valence-electron chi connectivity index (χ0n) is 16.7. The highest BCUT2D eigenvalue weighted by Crippen LogP contribution is 2.37. The van der Waals surface area contributed by atoms with E-state index in [1.807, 2.05) is 0 Å². The molecule has 0 aliphatic carbocycles. The number of rotatable bonds is 10. The van der Waals surface area contributed by atoms with Crippen molar-refractivity contribution < 1.29 is 24.2 Å². The van der Waals surface area contributed by atoms with Crippen LogP contribution in [0.5, 0.6) is 11.5 Å². The third-order valence-electron chi connectivity index (χ3n) is 4.78. The van der Waals surface area contributed by atoms with Crippen molar-refractivity contribution in [3.63, 3.8) is 0 Å². The van der Waals surface area contributed by atoms with Crippen LogP contribution < -0.4 is 26.8 Å². The SMILES string of the molecule is NN=CCCCC(C(=O)C1Oc2ccc(CC(N)(N)C(=O)O)cc2O1)c1ncccn1. The van der Waals surface area contributed by atoms with E-state index in [-0.39, 0.29) is 12.2 Å². The molecule has 0 spiro atoms. The summed E-state index contributed by atoms with van der Waals surface area (Å²) in [6.45, 7) is 0. The summed E-state index contributed by atoms with van der Waals surface area (Å²) in [7, 11) is 0. The van der Waals surface area contributed by atoms with Gasteiger partial charge in [-0.1, -0.05) is 6.07 Å². The molecule has 11 heteroatoms. The first-order valence-corrected chi connectivity index (χ1v) is 9.61. The van der Waals surface area contributed by atoms with Crippen molar-refractivity contribution in [2.24, 2.45) is 22.4 Å². The second kappa shape index (κ2) is 9.49. The molecule has 2 atom stereocenters. The average Bonchev–Trinajstić information content (AvgIpc) is 3.17. The summed E-state index contributed by atoms with van der Waals surface area (Å²) in [4.78, 5) is 32.7. The van der Waals surface area contributed by atoms with E-state index < -0.39 is 23.8 Å². The van der Waals surface area contributed by atoms with Crippen LogP contribution in [0.2, 0.25) is 0 Å². The van der Waals surface area contributed by atoms with Crippen LogP contribution >= 0.6 is 0 Å². The fourth-order valence-electron chi connectivity index (χ4n) is 3.18. The van der Waals surface area contributed by atoms with Gasteiger partial charge in [0.1, 0.15) is 5.82 Å². The molecule has 1 aliphatic rings. The van der Waals surface area contributed by atoms with Crippen LogP contribution in [0.1, 0.15) is 36.6 Å². The number of carboxylic acid groups (broad SMARTS) is 1. The van der Waals surface area contributed by atoms with Gasteiger partial charge in [-0.3, -0.25) is 4.79 Å². The molecule has 164 valence electrons. The predicted octanol–water partition coefficient (Wildman–Crippen LogP) is 0.282. The van der Waals surface area contributed by atoms with Gasteiger partial charge in [-0.2, -0.15) is 5.10 Å². The van der Waals surface area contributed by atoms with Crippen molar-refractivity contribution in [1.29, 1.82) is 0 Å². The number of aliphatic carboxylic acids is 1. The van der Waals surface area contributed by atoms with E-state index in [0.29, 0.717) is 42.1 Å². The Hall–Kier alpha value is -3.57. The number of benzene rings is 1. The van der Waals surface area contributed by atoms with Gasteiger partial charge in [-0.05, 0) is 43.0 Å². The number of unbranched alkanes of at least 4 members (excludes halogenated alkanes) is 1. The van der Waals surface area contributed by atoms with Crippen molar-refractivity contribution in [2.75, 3.05) is 0 Å². The number of hydrogen-bond acceptors (Lipinski definition) is 10. The first-order chi connectivity index (χ1) is 14.8. The van der Waals surface area contributed by atoms with Crippen molar-refractivity contribution in [2.45, 2.75) is 43.6 Å². The van der Waals surface area contributed by atoms with E-state index in [4.69, 9.17) is 31.9 Å². The molecule has 0 fully saturated rings. The molecule has 7 N–H and O–H groups in total. The van der Waals surface area contributed by atoms with E-state index in [0.717, 1.165) is 0 Å². The van der Waals surface area contributed by atoms with Gasteiger partial charge >= 0.3 is 12.3 Å². The molecular formula is C20H24N6O5. The number of hydrogen-bond donors (Lipinski definition) is 4. The third kappa shape index (κ3) is 5.32. The Morgan fingerprint density at radius 2 is 1.94 bits per heavy atom. The number of carbonyl (C=O) groups is 2. The molecule has 0 radical (unpaired) electrons. The molecule has 1 aliphatic heterocycles. The van der Waals surface area contributed by atoms with Crippen molar-refractivity contribution in [3.8, 4) is 11.5 Å². The normalized spacial score (nSPS) is 16.4. The van der Waals surface area contributed by atoms with Crippen LogP contribution in [0.15, 0.2) is 41.8 Å². The number of ketones is 1. The number of nitrogens with two attached hydrogens (primary N) is 3. The van der Waals surface area contributed by atoms with E-state index in [9.17, 15) is 9.59 Å². The summed E-state index contributed by atoms with van der Waals surface area (Å²) in [5.74, 6) is 3.86. The molecule has 11 nitrogen and oxygen atoms in total. The molecule has 2 aromatic rings. The Labute approximate surface area is 178 Å². The van der Waals surface area contributed by atoms with Gasteiger partial charge in [0.05, 0.1) is 5.92 Å². The van der Waals surface area contributed by atoms with Gasteiger partial charge in [0.25, 0.3) is 0 Å². The lowest BCUT2D eigenvalue weighted by Gasteiger charge is -2.19. The molecule has 2 heterocycles. The zero-order valence-corrected chi connectivity index (χ0v) is 16.7. The number of fused-ring (bicyclic) bond motifs is 1. The number of carbonyl (C=O) groups excluding carboxylic acids is 1. The number of Topliss-reactive ketones (excluding diaryl/α,β-unsaturated/α-hetero) is 1. The van der Waals surface area contributed by atoms with Gasteiger partial charge in [0.15, 0.2) is 17.2 Å². The van der Waals surface area contributed by atoms with Crippen LogP contribution in [-0.4, -0.2) is 45.0 Å². The van der Waals surface area contributed by atoms with Gasteiger partial charge in [0.2, 0.25) is 5.78 Å². The second-order valence-corrected chi connectivity index (χ2v) is 7.20. The molecule has 31 heavy (non-hydrogen) atoms. The highest BCUT2D eigenvalue weighted by atomic mass is 16.7. The average molecular weight is 428 g/mol. The molecule has 0 bridgehead atoms. The summed E-state index contributed by atoms with van der Waals surface area (Å²) in [6, 6.07) is 6.43. The van der Waals surface area contributed by atoms with Gasteiger partial charge in [-0.25, -0.2) is 14.8 Å². The molecule has 0 amide bonds. The van der Waals surface area contributed by atoms with E-state index >= 15 is 0 Å². The van der Waals surface area contributed by atoms with Crippen molar-refractivity contribution in [1.82, 2.24) is 9.97 Å².